The van der Waals surface area contributed by atoms with E-state index >= 15 is 0 Å². The highest BCUT2D eigenvalue weighted by atomic mass is 32.1. The molecule has 3 aromatic heterocycles. The van der Waals surface area contributed by atoms with Crippen molar-refractivity contribution in [3.8, 4) is 22.5 Å². The normalized spacial score (nSPS) is 13.5. The fourth-order valence-electron chi connectivity index (χ4n) is 3.52. The van der Waals surface area contributed by atoms with Crippen LogP contribution >= 0.6 is 11.3 Å². The molecule has 0 atom stereocenters. The molecule has 4 aromatic rings. The molecule has 4 nitrogen and oxygen atoms in total. The van der Waals surface area contributed by atoms with Gasteiger partial charge in [-0.3, -0.25) is 9.67 Å². The summed E-state index contributed by atoms with van der Waals surface area (Å²) < 4.78 is 3.38. The van der Waals surface area contributed by atoms with Crippen molar-refractivity contribution >= 4 is 21.6 Å². The van der Waals surface area contributed by atoms with Crippen molar-refractivity contribution in [3.63, 3.8) is 0 Å². The Morgan fingerprint density at radius 1 is 1.17 bits per heavy atom. The Bertz CT molecular complexity index is 1050. The molecular formula is C19H16N4S. The molecule has 0 bridgehead atoms. The maximum absolute atomic E-state index is 4.86. The van der Waals surface area contributed by atoms with Gasteiger partial charge in [0.15, 0.2) is 0 Å². The first-order valence-electron chi connectivity index (χ1n) is 8.18. The lowest BCUT2D eigenvalue weighted by molar-refractivity contribution is 0.658. The standard InChI is InChI=1S/C19H16N4S/c1-12-21-15-11-13(7-8-17(15)24-12)18-16-6-4-10-23(16)22-19(18)14-5-2-3-9-20-14/h2-3,5,7-9,11H,4,6,10H2,1H3. The summed E-state index contributed by atoms with van der Waals surface area (Å²) in [5.41, 5.74) is 6.72. The molecule has 0 aliphatic carbocycles. The fraction of sp³-hybridized carbons (Fsp3) is 0.211. The van der Waals surface area contributed by atoms with Gasteiger partial charge in [-0.1, -0.05) is 12.1 Å². The van der Waals surface area contributed by atoms with Gasteiger partial charge in [-0.25, -0.2) is 4.98 Å². The van der Waals surface area contributed by atoms with E-state index in [0.717, 1.165) is 41.3 Å². The highest BCUT2D eigenvalue weighted by Gasteiger charge is 2.24. The topological polar surface area (TPSA) is 43.6 Å². The smallest absolute Gasteiger partial charge is 0.119 e. The predicted octanol–water partition coefficient (Wildman–Crippen LogP) is 4.48. The van der Waals surface area contributed by atoms with Gasteiger partial charge in [0.25, 0.3) is 0 Å². The molecule has 1 aliphatic heterocycles. The van der Waals surface area contributed by atoms with Gasteiger partial charge in [-0.2, -0.15) is 5.10 Å². The Kier molecular flexibility index (Phi) is 3.03. The Morgan fingerprint density at radius 2 is 2.12 bits per heavy atom. The van der Waals surface area contributed by atoms with Crippen LogP contribution in [-0.2, 0) is 13.0 Å². The summed E-state index contributed by atoms with van der Waals surface area (Å²) in [4.78, 5) is 9.18. The zero-order valence-electron chi connectivity index (χ0n) is 13.4. The van der Waals surface area contributed by atoms with Crippen LogP contribution in [0.3, 0.4) is 0 Å². The second-order valence-corrected chi connectivity index (χ2v) is 7.36. The van der Waals surface area contributed by atoms with Crippen LogP contribution < -0.4 is 0 Å². The van der Waals surface area contributed by atoms with E-state index < -0.39 is 0 Å². The van der Waals surface area contributed by atoms with E-state index in [1.165, 1.54) is 21.5 Å². The molecule has 0 spiro atoms. The summed E-state index contributed by atoms with van der Waals surface area (Å²) in [6.07, 6.45) is 4.07. The van der Waals surface area contributed by atoms with Gasteiger partial charge in [-0.15, -0.1) is 11.3 Å². The number of thiazole rings is 1. The minimum atomic E-state index is 0.934. The minimum Gasteiger partial charge on any atom is -0.268 e. The van der Waals surface area contributed by atoms with Crippen LogP contribution in [0.5, 0.6) is 0 Å². The van der Waals surface area contributed by atoms with Crippen LogP contribution in [0, 0.1) is 6.92 Å². The molecule has 0 amide bonds. The third kappa shape index (κ3) is 2.08. The molecule has 1 aliphatic rings. The molecule has 5 rings (SSSR count). The van der Waals surface area contributed by atoms with Crippen molar-refractivity contribution in [2.24, 2.45) is 0 Å². The van der Waals surface area contributed by atoms with Gasteiger partial charge in [0.1, 0.15) is 5.69 Å². The molecule has 5 heteroatoms. The molecule has 0 radical (unpaired) electrons. The average molecular weight is 332 g/mol. The highest BCUT2D eigenvalue weighted by molar-refractivity contribution is 7.18. The molecule has 118 valence electrons. The average Bonchev–Trinajstić information content (AvgIpc) is 3.27. The first-order valence-corrected chi connectivity index (χ1v) is 9.00. The van der Waals surface area contributed by atoms with Crippen molar-refractivity contribution < 1.29 is 0 Å². The Hall–Kier alpha value is -2.53. The van der Waals surface area contributed by atoms with Gasteiger partial charge >= 0.3 is 0 Å². The van der Waals surface area contributed by atoms with Gasteiger partial charge in [0.05, 0.1) is 20.9 Å². The van der Waals surface area contributed by atoms with Crippen molar-refractivity contribution in [1.29, 1.82) is 0 Å². The first-order chi connectivity index (χ1) is 11.8. The van der Waals surface area contributed by atoms with E-state index in [-0.39, 0.29) is 0 Å². The summed E-state index contributed by atoms with van der Waals surface area (Å²) in [7, 11) is 0. The number of hydrogen-bond donors (Lipinski definition) is 0. The number of rotatable bonds is 2. The van der Waals surface area contributed by atoms with Crippen molar-refractivity contribution in [3.05, 3.63) is 53.3 Å². The summed E-state index contributed by atoms with van der Waals surface area (Å²) in [5.74, 6) is 0. The second kappa shape index (κ2) is 5.24. The van der Waals surface area contributed by atoms with Gasteiger partial charge in [0.2, 0.25) is 0 Å². The molecular weight excluding hydrogens is 316 g/mol. The zero-order valence-corrected chi connectivity index (χ0v) is 14.2. The predicted molar refractivity (Wildman–Crippen MR) is 97.1 cm³/mol. The van der Waals surface area contributed by atoms with Crippen molar-refractivity contribution in [2.45, 2.75) is 26.3 Å². The summed E-state index contributed by atoms with van der Waals surface area (Å²) in [6.45, 7) is 3.05. The number of nitrogens with zero attached hydrogens (tertiary/aromatic N) is 4. The number of hydrogen-bond acceptors (Lipinski definition) is 4. The molecule has 0 saturated heterocycles. The van der Waals surface area contributed by atoms with Crippen LogP contribution in [0.25, 0.3) is 32.7 Å². The van der Waals surface area contributed by atoms with Gasteiger partial charge in [0, 0.05) is 24.0 Å². The van der Waals surface area contributed by atoms with Crippen LogP contribution in [-0.4, -0.2) is 19.7 Å². The SMILES string of the molecule is Cc1nc2cc(-c3c(-c4ccccn4)nn4c3CCC4)ccc2s1. The van der Waals surface area contributed by atoms with E-state index in [2.05, 4.69) is 39.8 Å². The Morgan fingerprint density at radius 3 is 3.00 bits per heavy atom. The maximum Gasteiger partial charge on any atom is 0.119 e. The molecule has 0 saturated carbocycles. The zero-order chi connectivity index (χ0) is 16.1. The Labute approximate surface area is 143 Å². The largest absolute Gasteiger partial charge is 0.268 e. The Balaban J connectivity index is 1.76. The quantitative estimate of drug-likeness (QED) is 0.544. The van der Waals surface area contributed by atoms with Crippen molar-refractivity contribution in [1.82, 2.24) is 19.7 Å². The second-order valence-electron chi connectivity index (χ2n) is 6.13. The number of benzene rings is 1. The van der Waals surface area contributed by atoms with Crippen LogP contribution in [0.4, 0.5) is 0 Å². The lowest BCUT2D eigenvalue weighted by Crippen LogP contribution is -1.94. The van der Waals surface area contributed by atoms with E-state index in [4.69, 9.17) is 5.10 Å². The van der Waals surface area contributed by atoms with E-state index in [1.807, 2.05) is 24.4 Å². The fourth-order valence-corrected chi connectivity index (χ4v) is 4.32. The van der Waals surface area contributed by atoms with Crippen molar-refractivity contribution in [2.75, 3.05) is 0 Å². The molecule has 0 unspecified atom stereocenters. The van der Waals surface area contributed by atoms with Crippen LogP contribution in [0.2, 0.25) is 0 Å². The number of fused-ring (bicyclic) bond motifs is 2. The first kappa shape index (κ1) is 13.9. The summed E-state index contributed by atoms with van der Waals surface area (Å²) >= 11 is 1.74. The van der Waals surface area contributed by atoms with E-state index in [1.54, 1.807) is 11.3 Å². The number of aryl methyl sites for hydroxylation is 2. The minimum absolute atomic E-state index is 0.934. The lowest BCUT2D eigenvalue weighted by atomic mass is 9.99. The van der Waals surface area contributed by atoms with Gasteiger partial charge in [-0.05, 0) is 49.6 Å². The molecule has 4 heterocycles. The summed E-state index contributed by atoms with van der Waals surface area (Å²) in [5, 5.41) is 5.96. The lowest BCUT2D eigenvalue weighted by Gasteiger charge is -2.05. The maximum atomic E-state index is 4.86. The molecule has 24 heavy (non-hydrogen) atoms. The molecule has 1 aromatic carbocycles. The van der Waals surface area contributed by atoms with E-state index in [9.17, 15) is 0 Å². The molecule has 0 fully saturated rings. The number of aromatic nitrogens is 4. The highest BCUT2D eigenvalue weighted by Crippen LogP contribution is 2.38. The third-order valence-corrected chi connectivity index (χ3v) is 5.48. The third-order valence-electron chi connectivity index (χ3n) is 4.53. The summed E-state index contributed by atoms with van der Waals surface area (Å²) in [6, 6.07) is 12.6. The van der Waals surface area contributed by atoms with Crippen LogP contribution in [0.1, 0.15) is 17.1 Å². The van der Waals surface area contributed by atoms with E-state index in [0.29, 0.717) is 0 Å². The monoisotopic (exact) mass is 332 g/mol. The van der Waals surface area contributed by atoms with Gasteiger partial charge < -0.3 is 0 Å². The van der Waals surface area contributed by atoms with Crippen LogP contribution in [0.15, 0.2) is 42.6 Å². The number of pyridine rings is 1. The molecule has 0 N–H and O–H groups in total.